The Bertz CT molecular complexity index is 1090. The molecule has 1 aromatic carbocycles. The van der Waals surface area contributed by atoms with Gasteiger partial charge in [0.1, 0.15) is 0 Å². The van der Waals surface area contributed by atoms with Gasteiger partial charge in [0.25, 0.3) is 5.56 Å². The summed E-state index contributed by atoms with van der Waals surface area (Å²) >= 11 is 0. The molecule has 2 aromatic heterocycles. The second-order valence-corrected chi connectivity index (χ2v) is 6.72. The molecule has 7 nitrogen and oxygen atoms in total. The van der Waals surface area contributed by atoms with Gasteiger partial charge in [-0.15, -0.1) is 0 Å². The minimum absolute atomic E-state index is 0.0866. The molecule has 3 aromatic rings. The Hall–Kier alpha value is -3.09. The highest BCUT2D eigenvalue weighted by atomic mass is 16.3. The summed E-state index contributed by atoms with van der Waals surface area (Å²) in [5.74, 6) is -0.0910. The molecule has 26 heavy (non-hydrogen) atoms. The molecule has 0 spiro atoms. The third kappa shape index (κ3) is 2.75. The maximum absolute atomic E-state index is 12.1. The number of aryl methyl sites for hydroxylation is 1. The summed E-state index contributed by atoms with van der Waals surface area (Å²) in [6, 6.07) is 7.42. The van der Waals surface area contributed by atoms with E-state index in [1.807, 2.05) is 18.2 Å². The highest BCUT2D eigenvalue weighted by Gasteiger charge is 2.18. The van der Waals surface area contributed by atoms with Crippen LogP contribution in [-0.4, -0.2) is 24.9 Å². The first-order chi connectivity index (χ1) is 12.5. The van der Waals surface area contributed by atoms with E-state index in [0.29, 0.717) is 17.8 Å². The van der Waals surface area contributed by atoms with Crippen molar-refractivity contribution in [2.24, 2.45) is 0 Å². The molecule has 3 N–H and O–H groups in total. The molecule has 0 aliphatic heterocycles. The van der Waals surface area contributed by atoms with Crippen molar-refractivity contribution >= 4 is 0 Å². The second-order valence-electron chi connectivity index (χ2n) is 6.72. The monoisotopic (exact) mass is 352 g/mol. The van der Waals surface area contributed by atoms with Gasteiger partial charge in [0.2, 0.25) is 5.88 Å². The van der Waals surface area contributed by atoms with Gasteiger partial charge in [-0.3, -0.25) is 4.79 Å². The lowest BCUT2D eigenvalue weighted by Gasteiger charge is -2.17. The first-order valence-corrected chi connectivity index (χ1v) is 8.74. The molecule has 134 valence electrons. The predicted octanol–water partition coefficient (Wildman–Crippen LogP) is 1.73. The Morgan fingerprint density at radius 3 is 2.69 bits per heavy atom. The first kappa shape index (κ1) is 16.4. The number of hydrogen-bond acceptors (Lipinski definition) is 4. The Balaban J connectivity index is 1.73. The van der Waals surface area contributed by atoms with E-state index < -0.39 is 0 Å². The van der Waals surface area contributed by atoms with E-state index >= 15 is 0 Å². The van der Waals surface area contributed by atoms with Gasteiger partial charge in [-0.2, -0.15) is 5.10 Å². The number of aromatic nitrogens is 4. The van der Waals surface area contributed by atoms with Gasteiger partial charge in [0.15, 0.2) is 0 Å². The van der Waals surface area contributed by atoms with Crippen molar-refractivity contribution in [1.29, 1.82) is 0 Å². The molecule has 2 heterocycles. The SMILES string of the molecule is Cc1[nH]c(=O)n(-c2cccc(Cc3n[nH]c(=O)c4c3CCCC4)c2)c1O. The number of H-pyrrole nitrogens is 2. The van der Waals surface area contributed by atoms with Gasteiger partial charge in [0.05, 0.1) is 17.1 Å². The molecule has 0 unspecified atom stereocenters. The number of nitrogens with one attached hydrogen (secondary N) is 2. The van der Waals surface area contributed by atoms with Gasteiger partial charge < -0.3 is 10.1 Å². The molecule has 0 saturated carbocycles. The van der Waals surface area contributed by atoms with Crippen LogP contribution >= 0.6 is 0 Å². The van der Waals surface area contributed by atoms with Gasteiger partial charge in [-0.05, 0) is 55.9 Å². The molecule has 0 fully saturated rings. The fourth-order valence-corrected chi connectivity index (χ4v) is 3.65. The summed E-state index contributed by atoms with van der Waals surface area (Å²) < 4.78 is 1.24. The van der Waals surface area contributed by atoms with E-state index in [0.717, 1.165) is 48.1 Å². The topological polar surface area (TPSA) is 104 Å². The Labute approximate surface area is 149 Å². The van der Waals surface area contributed by atoms with Gasteiger partial charge in [0, 0.05) is 12.0 Å². The van der Waals surface area contributed by atoms with Crippen LogP contribution in [0.2, 0.25) is 0 Å². The van der Waals surface area contributed by atoms with Crippen LogP contribution in [0.3, 0.4) is 0 Å². The molecule has 1 aliphatic rings. The molecule has 1 aliphatic carbocycles. The number of fused-ring (bicyclic) bond motifs is 1. The third-order valence-corrected chi connectivity index (χ3v) is 4.97. The third-order valence-electron chi connectivity index (χ3n) is 4.97. The van der Waals surface area contributed by atoms with E-state index in [9.17, 15) is 14.7 Å². The lowest BCUT2D eigenvalue weighted by atomic mass is 9.90. The number of benzene rings is 1. The maximum Gasteiger partial charge on any atom is 0.333 e. The smallest absolute Gasteiger partial charge is 0.333 e. The lowest BCUT2D eigenvalue weighted by molar-refractivity contribution is 0.437. The van der Waals surface area contributed by atoms with E-state index in [4.69, 9.17) is 0 Å². The van der Waals surface area contributed by atoms with E-state index in [-0.39, 0.29) is 17.1 Å². The number of rotatable bonds is 3. The van der Waals surface area contributed by atoms with E-state index in [1.54, 1.807) is 13.0 Å². The minimum Gasteiger partial charge on any atom is -0.493 e. The van der Waals surface area contributed by atoms with Gasteiger partial charge >= 0.3 is 5.69 Å². The standard InChI is InChI=1S/C19H20N4O3/c1-11-18(25)23(19(26)20-11)13-6-4-5-12(9-13)10-16-14-7-2-3-8-15(14)17(24)22-21-16/h4-6,9,25H,2-3,7-8,10H2,1H3,(H,20,26)(H,22,24). The Morgan fingerprint density at radius 1 is 1.19 bits per heavy atom. The normalized spacial score (nSPS) is 13.6. The molecule has 0 radical (unpaired) electrons. The largest absolute Gasteiger partial charge is 0.493 e. The van der Waals surface area contributed by atoms with Crippen LogP contribution in [0.15, 0.2) is 33.9 Å². The minimum atomic E-state index is -0.378. The van der Waals surface area contributed by atoms with Crippen molar-refractivity contribution in [3.8, 4) is 11.6 Å². The van der Waals surface area contributed by atoms with Crippen molar-refractivity contribution in [2.45, 2.75) is 39.0 Å². The van der Waals surface area contributed by atoms with Crippen molar-refractivity contribution in [3.63, 3.8) is 0 Å². The summed E-state index contributed by atoms with van der Waals surface area (Å²) in [5, 5.41) is 17.0. The van der Waals surface area contributed by atoms with Crippen molar-refractivity contribution in [1.82, 2.24) is 19.7 Å². The fourth-order valence-electron chi connectivity index (χ4n) is 3.65. The molecular formula is C19H20N4O3. The van der Waals surface area contributed by atoms with Gasteiger partial charge in [-0.1, -0.05) is 12.1 Å². The number of aromatic amines is 2. The zero-order valence-corrected chi connectivity index (χ0v) is 14.5. The first-order valence-electron chi connectivity index (χ1n) is 8.74. The molecule has 7 heteroatoms. The summed E-state index contributed by atoms with van der Waals surface area (Å²) in [4.78, 5) is 26.6. The Kier molecular flexibility index (Phi) is 3.99. The molecule has 0 bridgehead atoms. The highest BCUT2D eigenvalue weighted by molar-refractivity contribution is 5.42. The quantitative estimate of drug-likeness (QED) is 0.668. The van der Waals surface area contributed by atoms with Crippen LogP contribution in [0.1, 0.15) is 40.9 Å². The average molecular weight is 352 g/mol. The van der Waals surface area contributed by atoms with Crippen molar-refractivity contribution in [3.05, 3.63) is 73.2 Å². The zero-order valence-electron chi connectivity index (χ0n) is 14.5. The number of imidazole rings is 1. The van der Waals surface area contributed by atoms with Crippen LogP contribution in [-0.2, 0) is 19.3 Å². The summed E-state index contributed by atoms with van der Waals surface area (Å²) in [6.07, 6.45) is 4.33. The van der Waals surface area contributed by atoms with Crippen LogP contribution in [0.4, 0.5) is 0 Å². The number of hydrogen-bond donors (Lipinski definition) is 3. The van der Waals surface area contributed by atoms with Gasteiger partial charge in [-0.25, -0.2) is 14.5 Å². The zero-order chi connectivity index (χ0) is 18.3. The molecule has 4 rings (SSSR count). The van der Waals surface area contributed by atoms with E-state index in [1.165, 1.54) is 4.57 Å². The summed E-state index contributed by atoms with van der Waals surface area (Å²) in [5.41, 5.74) is 4.30. The van der Waals surface area contributed by atoms with Crippen LogP contribution in [0.25, 0.3) is 5.69 Å². The number of aromatic hydroxyl groups is 1. The van der Waals surface area contributed by atoms with E-state index in [2.05, 4.69) is 15.2 Å². The molecular weight excluding hydrogens is 332 g/mol. The Morgan fingerprint density at radius 2 is 1.96 bits per heavy atom. The highest BCUT2D eigenvalue weighted by Crippen LogP contribution is 2.23. The second kappa shape index (κ2) is 6.33. The summed E-state index contributed by atoms with van der Waals surface area (Å²) in [6.45, 7) is 1.65. The predicted molar refractivity (Wildman–Crippen MR) is 97.1 cm³/mol. The van der Waals surface area contributed by atoms with Crippen LogP contribution in [0.5, 0.6) is 5.88 Å². The number of nitrogens with zero attached hydrogens (tertiary/aromatic N) is 2. The molecule has 0 atom stereocenters. The molecule has 0 saturated heterocycles. The van der Waals surface area contributed by atoms with Crippen LogP contribution < -0.4 is 11.2 Å². The summed E-state index contributed by atoms with van der Waals surface area (Å²) in [7, 11) is 0. The van der Waals surface area contributed by atoms with Crippen molar-refractivity contribution in [2.75, 3.05) is 0 Å². The lowest BCUT2D eigenvalue weighted by Crippen LogP contribution is -2.23. The fraction of sp³-hybridized carbons (Fsp3) is 0.316. The maximum atomic E-state index is 12.1. The van der Waals surface area contributed by atoms with Crippen molar-refractivity contribution < 1.29 is 5.11 Å². The average Bonchev–Trinajstić information content (AvgIpc) is 2.90. The molecule has 0 amide bonds. The van der Waals surface area contributed by atoms with Crippen LogP contribution in [0, 0.1) is 6.92 Å².